The van der Waals surface area contributed by atoms with E-state index in [-0.39, 0.29) is 16.9 Å². The first-order chi connectivity index (χ1) is 8.20. The van der Waals surface area contributed by atoms with Crippen LogP contribution in [0.5, 0.6) is 0 Å². The van der Waals surface area contributed by atoms with Gasteiger partial charge in [0.15, 0.2) is 5.78 Å². The van der Waals surface area contributed by atoms with E-state index in [9.17, 15) is 14.9 Å². The zero-order valence-electron chi connectivity index (χ0n) is 11.3. The van der Waals surface area contributed by atoms with Crippen LogP contribution in [0.2, 0.25) is 0 Å². The van der Waals surface area contributed by atoms with Gasteiger partial charge < -0.3 is 0 Å². The summed E-state index contributed by atoms with van der Waals surface area (Å²) >= 11 is 0. The van der Waals surface area contributed by atoms with Gasteiger partial charge in [0.05, 0.1) is 4.92 Å². The molecule has 0 aliphatic rings. The fraction of sp³-hybridized carbons (Fsp3) is 0.500. The molecular weight excluding hydrogens is 230 g/mol. The zero-order valence-corrected chi connectivity index (χ0v) is 11.3. The second-order valence-corrected chi connectivity index (χ2v) is 5.74. The van der Waals surface area contributed by atoms with E-state index in [0.717, 1.165) is 6.42 Å². The monoisotopic (exact) mass is 249 g/mol. The first-order valence-corrected chi connectivity index (χ1v) is 5.99. The first kappa shape index (κ1) is 14.4. The van der Waals surface area contributed by atoms with Gasteiger partial charge in [0.1, 0.15) is 0 Å². The Morgan fingerprint density at radius 3 is 2.39 bits per heavy atom. The third kappa shape index (κ3) is 3.95. The van der Waals surface area contributed by atoms with Crippen molar-refractivity contribution in [2.45, 2.75) is 40.5 Å². The molecule has 4 nitrogen and oxygen atoms in total. The van der Waals surface area contributed by atoms with Gasteiger partial charge in [0, 0.05) is 23.6 Å². The minimum Gasteiger partial charge on any atom is -0.294 e. The molecule has 0 amide bonds. The molecule has 0 bridgehead atoms. The predicted molar refractivity (Wildman–Crippen MR) is 70.9 cm³/mol. The van der Waals surface area contributed by atoms with Crippen LogP contribution in [0.4, 0.5) is 5.69 Å². The Morgan fingerprint density at radius 1 is 1.33 bits per heavy atom. The van der Waals surface area contributed by atoms with Crippen LogP contribution in [0.25, 0.3) is 0 Å². The second-order valence-electron chi connectivity index (χ2n) is 5.74. The van der Waals surface area contributed by atoms with Crippen molar-refractivity contribution in [3.8, 4) is 0 Å². The maximum atomic E-state index is 12.0. The van der Waals surface area contributed by atoms with Crippen molar-refractivity contribution < 1.29 is 9.72 Å². The van der Waals surface area contributed by atoms with E-state index in [4.69, 9.17) is 0 Å². The lowest BCUT2D eigenvalue weighted by molar-refractivity contribution is -0.385. The average molecular weight is 249 g/mol. The molecule has 0 saturated carbocycles. The number of Topliss-reactive ketones (excluding diaryl/α,β-unsaturated/α-hetero) is 1. The van der Waals surface area contributed by atoms with Crippen LogP contribution in [0.15, 0.2) is 18.2 Å². The van der Waals surface area contributed by atoms with Gasteiger partial charge in [-0.3, -0.25) is 14.9 Å². The number of aryl methyl sites for hydroxylation is 1. The van der Waals surface area contributed by atoms with E-state index in [0.29, 0.717) is 17.5 Å². The molecule has 1 aromatic rings. The van der Waals surface area contributed by atoms with Gasteiger partial charge in [-0.1, -0.05) is 20.8 Å². The molecule has 0 saturated heterocycles. The zero-order chi connectivity index (χ0) is 13.9. The Morgan fingerprint density at radius 2 is 1.94 bits per heavy atom. The smallest absolute Gasteiger partial charge is 0.272 e. The minimum absolute atomic E-state index is 0.0444. The number of carbonyl (C=O) groups excluding carboxylic acids is 1. The van der Waals surface area contributed by atoms with Gasteiger partial charge in [-0.15, -0.1) is 0 Å². The normalized spacial score (nSPS) is 11.3. The topological polar surface area (TPSA) is 60.2 Å². The number of hydrogen-bond acceptors (Lipinski definition) is 3. The van der Waals surface area contributed by atoms with Crippen LogP contribution in [-0.2, 0) is 0 Å². The highest BCUT2D eigenvalue weighted by Crippen LogP contribution is 2.24. The molecule has 0 atom stereocenters. The molecule has 18 heavy (non-hydrogen) atoms. The summed E-state index contributed by atoms with van der Waals surface area (Å²) in [6.45, 7) is 7.91. The summed E-state index contributed by atoms with van der Waals surface area (Å²) in [6, 6.07) is 4.54. The number of nitro groups is 1. The molecule has 0 spiro atoms. The molecule has 0 aliphatic heterocycles. The van der Waals surface area contributed by atoms with Crippen LogP contribution >= 0.6 is 0 Å². The van der Waals surface area contributed by atoms with Crippen molar-refractivity contribution in [3.63, 3.8) is 0 Å². The highest BCUT2D eigenvalue weighted by Gasteiger charge is 2.16. The molecule has 0 N–H and O–H groups in total. The Labute approximate surface area is 107 Å². The fourth-order valence-electron chi connectivity index (χ4n) is 1.67. The van der Waals surface area contributed by atoms with Gasteiger partial charge >= 0.3 is 0 Å². The summed E-state index contributed by atoms with van der Waals surface area (Å²) in [5.41, 5.74) is 1.26. The van der Waals surface area contributed by atoms with Crippen molar-refractivity contribution >= 4 is 11.5 Å². The molecule has 1 rings (SSSR count). The number of rotatable bonds is 4. The van der Waals surface area contributed by atoms with Crippen LogP contribution in [0.1, 0.15) is 49.5 Å². The van der Waals surface area contributed by atoms with Crippen LogP contribution < -0.4 is 0 Å². The highest BCUT2D eigenvalue weighted by molar-refractivity contribution is 5.96. The third-order valence-corrected chi connectivity index (χ3v) is 2.82. The Hall–Kier alpha value is -1.71. The van der Waals surface area contributed by atoms with Crippen molar-refractivity contribution in [3.05, 3.63) is 39.4 Å². The Kier molecular flexibility index (Phi) is 4.22. The second kappa shape index (κ2) is 5.29. The molecule has 0 radical (unpaired) electrons. The van der Waals surface area contributed by atoms with Gasteiger partial charge in [-0.05, 0) is 30.9 Å². The molecule has 1 aromatic carbocycles. The maximum Gasteiger partial charge on any atom is 0.272 e. The molecule has 98 valence electrons. The minimum atomic E-state index is -0.432. The van der Waals surface area contributed by atoms with Crippen molar-refractivity contribution in [2.75, 3.05) is 0 Å². The number of ketones is 1. The molecule has 0 aromatic heterocycles. The summed E-state index contributed by atoms with van der Waals surface area (Å²) in [7, 11) is 0. The lowest BCUT2D eigenvalue weighted by Crippen LogP contribution is -2.09. The van der Waals surface area contributed by atoms with Crippen LogP contribution in [-0.4, -0.2) is 10.7 Å². The summed E-state index contributed by atoms with van der Waals surface area (Å²) in [5, 5.41) is 10.7. The van der Waals surface area contributed by atoms with Crippen LogP contribution in [0.3, 0.4) is 0 Å². The molecule has 0 heterocycles. The third-order valence-electron chi connectivity index (χ3n) is 2.82. The quantitative estimate of drug-likeness (QED) is 0.461. The van der Waals surface area contributed by atoms with Gasteiger partial charge in [0.25, 0.3) is 5.69 Å². The van der Waals surface area contributed by atoms with Gasteiger partial charge in [-0.2, -0.15) is 0 Å². The molecule has 0 fully saturated rings. The van der Waals surface area contributed by atoms with E-state index in [1.807, 2.05) is 0 Å². The van der Waals surface area contributed by atoms with E-state index < -0.39 is 4.92 Å². The summed E-state index contributed by atoms with van der Waals surface area (Å²) in [6.07, 6.45) is 1.28. The van der Waals surface area contributed by atoms with Gasteiger partial charge in [-0.25, -0.2) is 0 Å². The van der Waals surface area contributed by atoms with E-state index in [2.05, 4.69) is 20.8 Å². The van der Waals surface area contributed by atoms with Crippen molar-refractivity contribution in [1.82, 2.24) is 0 Å². The van der Waals surface area contributed by atoms with Crippen molar-refractivity contribution in [2.24, 2.45) is 5.41 Å². The number of carbonyl (C=O) groups is 1. The molecule has 0 unspecified atom stereocenters. The highest BCUT2D eigenvalue weighted by atomic mass is 16.6. The summed E-state index contributed by atoms with van der Waals surface area (Å²) in [5.74, 6) is 0.0444. The predicted octanol–water partition coefficient (Wildman–Crippen LogP) is 3.91. The number of nitro benzene ring substituents is 1. The number of benzene rings is 1. The number of hydrogen-bond donors (Lipinski definition) is 0. The van der Waals surface area contributed by atoms with E-state index in [1.165, 1.54) is 12.1 Å². The standard InChI is InChI=1S/C14H19NO3/c1-10-9-11(5-6-12(10)15(17)18)13(16)7-8-14(2,3)4/h5-6,9H,7-8H2,1-4H3. The Bertz CT molecular complexity index is 472. The molecule has 0 aliphatic carbocycles. The van der Waals surface area contributed by atoms with Crippen LogP contribution in [0, 0.1) is 22.5 Å². The fourth-order valence-corrected chi connectivity index (χ4v) is 1.67. The lowest BCUT2D eigenvalue weighted by Gasteiger charge is -2.17. The Balaban J connectivity index is 2.82. The van der Waals surface area contributed by atoms with Crippen molar-refractivity contribution in [1.29, 1.82) is 0 Å². The molecular formula is C14H19NO3. The SMILES string of the molecule is Cc1cc(C(=O)CCC(C)(C)C)ccc1[N+](=O)[O-]. The largest absolute Gasteiger partial charge is 0.294 e. The first-order valence-electron chi connectivity index (χ1n) is 5.99. The summed E-state index contributed by atoms with van der Waals surface area (Å²) in [4.78, 5) is 22.2. The number of nitrogens with zero attached hydrogens (tertiary/aromatic N) is 1. The van der Waals surface area contributed by atoms with E-state index in [1.54, 1.807) is 13.0 Å². The maximum absolute atomic E-state index is 12.0. The average Bonchev–Trinajstić information content (AvgIpc) is 2.24. The lowest BCUT2D eigenvalue weighted by atomic mass is 9.88. The molecule has 4 heteroatoms. The van der Waals surface area contributed by atoms with E-state index >= 15 is 0 Å². The summed E-state index contributed by atoms with van der Waals surface area (Å²) < 4.78 is 0. The van der Waals surface area contributed by atoms with Gasteiger partial charge in [0.2, 0.25) is 0 Å².